The van der Waals surface area contributed by atoms with E-state index < -0.39 is 11.7 Å². The van der Waals surface area contributed by atoms with Gasteiger partial charge < -0.3 is 4.42 Å². The van der Waals surface area contributed by atoms with Gasteiger partial charge in [-0.3, -0.25) is 20.2 Å². The number of aromatic nitrogens is 1. The van der Waals surface area contributed by atoms with Crippen molar-refractivity contribution in [3.05, 3.63) is 70.7 Å². The van der Waals surface area contributed by atoms with Crippen LogP contribution in [-0.2, 0) is 11.3 Å². The molecule has 0 saturated heterocycles. The predicted octanol–water partition coefficient (Wildman–Crippen LogP) is 1.59. The van der Waals surface area contributed by atoms with Crippen molar-refractivity contribution in [1.82, 2.24) is 15.4 Å². The van der Waals surface area contributed by atoms with Crippen LogP contribution in [0.25, 0.3) is 11.1 Å². The van der Waals surface area contributed by atoms with Crippen LogP contribution < -0.4 is 16.6 Å². The van der Waals surface area contributed by atoms with Crippen LogP contribution in [0.3, 0.4) is 0 Å². The van der Waals surface area contributed by atoms with Gasteiger partial charge in [-0.2, -0.15) is 0 Å². The number of hydrogen-bond donors (Lipinski definition) is 2. The van der Waals surface area contributed by atoms with Gasteiger partial charge in [0, 0.05) is 5.56 Å². The number of oxazole rings is 1. The summed E-state index contributed by atoms with van der Waals surface area (Å²) < 4.78 is 6.34. The van der Waals surface area contributed by atoms with Crippen molar-refractivity contribution in [1.29, 1.82) is 0 Å². The van der Waals surface area contributed by atoms with Crippen molar-refractivity contribution in [2.24, 2.45) is 0 Å². The summed E-state index contributed by atoms with van der Waals surface area (Å²) in [5, 5.41) is 0. The number of amides is 1. The summed E-state index contributed by atoms with van der Waals surface area (Å²) in [6.07, 6.45) is 0. The molecule has 2 N–H and O–H groups in total. The number of carbonyl (C=O) groups excluding carboxylic acids is 1. The number of nitrogens with one attached hydrogen (secondary N) is 2. The average molecular weight is 327 g/mol. The zero-order valence-corrected chi connectivity index (χ0v) is 12.8. The Bertz CT molecular complexity index is 915. The van der Waals surface area contributed by atoms with E-state index in [4.69, 9.17) is 16.6 Å². The van der Waals surface area contributed by atoms with Crippen LogP contribution in [-0.4, -0.2) is 15.5 Å². The molecule has 0 spiro atoms. The zero-order chi connectivity index (χ0) is 16.2. The molecule has 3 rings (SSSR count). The number of hydrazine groups is 1. The highest BCUT2D eigenvalue weighted by atomic mass is 32.1. The Morgan fingerprint density at radius 3 is 2.52 bits per heavy atom. The maximum absolute atomic E-state index is 12.0. The first kappa shape index (κ1) is 15.0. The Hall–Kier alpha value is -2.93. The van der Waals surface area contributed by atoms with Crippen molar-refractivity contribution in [3.63, 3.8) is 0 Å². The molecule has 0 radical (unpaired) electrons. The molecule has 0 unspecified atom stereocenters. The van der Waals surface area contributed by atoms with Gasteiger partial charge in [0.05, 0.1) is 5.52 Å². The van der Waals surface area contributed by atoms with Gasteiger partial charge in [0.25, 0.3) is 5.91 Å². The van der Waals surface area contributed by atoms with E-state index in [1.165, 1.54) is 4.57 Å². The minimum Gasteiger partial charge on any atom is -0.408 e. The van der Waals surface area contributed by atoms with Gasteiger partial charge in [0.1, 0.15) is 11.5 Å². The number of benzene rings is 2. The Labute approximate surface area is 136 Å². The minimum absolute atomic E-state index is 0.166. The summed E-state index contributed by atoms with van der Waals surface area (Å²) >= 11 is 5.18. The molecular weight excluding hydrogens is 314 g/mol. The predicted molar refractivity (Wildman–Crippen MR) is 89.9 cm³/mol. The van der Waals surface area contributed by atoms with Crippen molar-refractivity contribution in [2.45, 2.75) is 6.54 Å². The Morgan fingerprint density at radius 1 is 1.04 bits per heavy atom. The molecule has 23 heavy (non-hydrogen) atoms. The van der Waals surface area contributed by atoms with Crippen LogP contribution >= 0.6 is 12.2 Å². The molecule has 0 fully saturated rings. The maximum atomic E-state index is 12.0. The first-order valence-corrected chi connectivity index (χ1v) is 7.28. The highest BCUT2D eigenvalue weighted by Gasteiger charge is 2.12. The summed E-state index contributed by atoms with van der Waals surface area (Å²) in [6.45, 7) is -0.166. The van der Waals surface area contributed by atoms with E-state index in [9.17, 15) is 9.59 Å². The molecule has 3 aromatic rings. The van der Waals surface area contributed by atoms with Crippen LogP contribution in [0.4, 0.5) is 0 Å². The van der Waals surface area contributed by atoms with Crippen molar-refractivity contribution in [3.8, 4) is 0 Å². The quantitative estimate of drug-likeness (QED) is 0.564. The second-order valence-corrected chi connectivity index (χ2v) is 5.20. The SMILES string of the molecule is O=C(Cn1c(=O)oc2ccccc21)NNC(=S)c1ccccc1. The van der Waals surface area contributed by atoms with E-state index in [0.717, 1.165) is 5.56 Å². The second kappa shape index (κ2) is 6.45. The minimum atomic E-state index is -0.577. The van der Waals surface area contributed by atoms with E-state index in [2.05, 4.69) is 10.9 Å². The topological polar surface area (TPSA) is 76.3 Å². The van der Waals surface area contributed by atoms with Gasteiger partial charge in [0.15, 0.2) is 5.58 Å². The van der Waals surface area contributed by atoms with E-state index in [-0.39, 0.29) is 6.54 Å². The lowest BCUT2D eigenvalue weighted by Crippen LogP contribution is -2.43. The summed E-state index contributed by atoms with van der Waals surface area (Å²) in [4.78, 5) is 24.2. The Balaban J connectivity index is 1.66. The lowest BCUT2D eigenvalue weighted by molar-refractivity contribution is -0.122. The third kappa shape index (κ3) is 3.29. The number of fused-ring (bicyclic) bond motifs is 1. The lowest BCUT2D eigenvalue weighted by Gasteiger charge is -2.09. The number of para-hydroxylation sites is 2. The zero-order valence-electron chi connectivity index (χ0n) is 12.0. The molecule has 0 saturated carbocycles. The van der Waals surface area contributed by atoms with Crippen molar-refractivity contribution >= 4 is 34.2 Å². The molecule has 0 aliphatic rings. The van der Waals surface area contributed by atoms with Crippen LogP contribution in [0.1, 0.15) is 5.56 Å². The molecule has 1 aromatic heterocycles. The third-order valence-electron chi connectivity index (χ3n) is 3.23. The molecule has 0 aliphatic heterocycles. The molecular formula is C16H13N3O3S. The number of rotatable bonds is 3. The van der Waals surface area contributed by atoms with Crippen LogP contribution in [0.2, 0.25) is 0 Å². The van der Waals surface area contributed by atoms with Gasteiger partial charge in [-0.05, 0) is 12.1 Å². The van der Waals surface area contributed by atoms with Crippen molar-refractivity contribution < 1.29 is 9.21 Å². The molecule has 1 amide bonds. The van der Waals surface area contributed by atoms with Crippen molar-refractivity contribution in [2.75, 3.05) is 0 Å². The second-order valence-electron chi connectivity index (χ2n) is 4.79. The highest BCUT2D eigenvalue weighted by molar-refractivity contribution is 7.80. The normalized spacial score (nSPS) is 10.4. The molecule has 1 heterocycles. The summed E-state index contributed by atoms with van der Waals surface area (Å²) in [7, 11) is 0. The third-order valence-corrected chi connectivity index (χ3v) is 3.56. The van der Waals surface area contributed by atoms with Gasteiger partial charge >= 0.3 is 5.76 Å². The number of nitrogens with zero attached hydrogens (tertiary/aromatic N) is 1. The smallest absolute Gasteiger partial charge is 0.408 e. The van der Waals surface area contributed by atoms with Crippen LogP contribution in [0.15, 0.2) is 63.8 Å². The number of carbonyl (C=O) groups is 1. The fourth-order valence-corrected chi connectivity index (χ4v) is 2.32. The van der Waals surface area contributed by atoms with E-state index in [1.807, 2.05) is 30.3 Å². The van der Waals surface area contributed by atoms with Gasteiger partial charge in [-0.1, -0.05) is 54.7 Å². The highest BCUT2D eigenvalue weighted by Crippen LogP contribution is 2.11. The van der Waals surface area contributed by atoms with Gasteiger partial charge in [0.2, 0.25) is 0 Å². The fourth-order valence-electron chi connectivity index (χ4n) is 2.13. The number of hydrogen-bond acceptors (Lipinski definition) is 4. The molecule has 2 aromatic carbocycles. The lowest BCUT2D eigenvalue weighted by atomic mass is 10.2. The summed E-state index contributed by atoms with van der Waals surface area (Å²) in [5.74, 6) is -0.982. The largest absolute Gasteiger partial charge is 0.420 e. The van der Waals surface area contributed by atoms with Gasteiger partial charge in [-0.25, -0.2) is 4.79 Å². The van der Waals surface area contributed by atoms with Gasteiger partial charge in [-0.15, -0.1) is 0 Å². The molecule has 6 nitrogen and oxygen atoms in total. The number of thiocarbonyl (C=S) groups is 1. The Kier molecular flexibility index (Phi) is 4.20. The first-order chi connectivity index (χ1) is 11.1. The summed E-state index contributed by atoms with van der Waals surface area (Å²) in [6, 6.07) is 16.2. The van der Waals surface area contributed by atoms with E-state index in [1.54, 1.807) is 24.3 Å². The van der Waals surface area contributed by atoms with E-state index >= 15 is 0 Å². The van der Waals surface area contributed by atoms with Crippen LogP contribution in [0, 0.1) is 0 Å². The molecule has 0 bridgehead atoms. The molecule has 7 heteroatoms. The monoisotopic (exact) mass is 327 g/mol. The first-order valence-electron chi connectivity index (χ1n) is 6.88. The standard InChI is InChI=1S/C16H13N3O3S/c20-14(17-18-15(23)11-6-2-1-3-7-11)10-19-12-8-4-5-9-13(12)22-16(19)21/h1-9H,10H2,(H,17,20)(H,18,23). The maximum Gasteiger partial charge on any atom is 0.420 e. The molecule has 0 atom stereocenters. The van der Waals surface area contributed by atoms with E-state index in [0.29, 0.717) is 16.1 Å². The molecule has 0 aliphatic carbocycles. The summed E-state index contributed by atoms with van der Waals surface area (Å²) in [5.41, 5.74) is 6.94. The fraction of sp³-hybridized carbons (Fsp3) is 0.0625. The van der Waals surface area contributed by atoms with Crippen LogP contribution in [0.5, 0.6) is 0 Å². The average Bonchev–Trinajstić information content (AvgIpc) is 2.89. The molecule has 116 valence electrons. The Morgan fingerprint density at radius 2 is 1.74 bits per heavy atom.